The normalized spacial score (nSPS) is 21.2. The van der Waals surface area contributed by atoms with E-state index in [0.717, 1.165) is 0 Å². The molecular formula is C21H22O9. The summed E-state index contributed by atoms with van der Waals surface area (Å²) in [4.78, 5) is 11.5. The highest BCUT2D eigenvalue weighted by Gasteiger charge is 2.35. The average Bonchev–Trinajstić information content (AvgIpc) is 2.71. The maximum absolute atomic E-state index is 11.5. The minimum Gasteiger partial charge on any atom is -0.504 e. The van der Waals surface area contributed by atoms with Crippen molar-refractivity contribution in [1.29, 1.82) is 0 Å². The first-order valence-corrected chi connectivity index (χ1v) is 9.11. The molecule has 0 heterocycles. The number of aromatic hydroxyl groups is 4. The van der Waals surface area contributed by atoms with Gasteiger partial charge in [-0.2, -0.15) is 0 Å². The Bertz CT molecular complexity index is 953. The van der Waals surface area contributed by atoms with Crippen LogP contribution in [0.3, 0.4) is 0 Å². The van der Waals surface area contributed by atoms with E-state index >= 15 is 0 Å². The van der Waals surface area contributed by atoms with Gasteiger partial charge in [0.25, 0.3) is 0 Å². The monoisotopic (exact) mass is 418 g/mol. The molecule has 2 aromatic rings. The summed E-state index contributed by atoms with van der Waals surface area (Å²) in [6.45, 7) is -0.0709. The summed E-state index contributed by atoms with van der Waals surface area (Å²) in [6.07, 6.45) is -1.74. The summed E-state index contributed by atoms with van der Waals surface area (Å²) >= 11 is 0. The molecular weight excluding hydrogens is 396 g/mol. The maximum Gasteiger partial charge on any atom is 0.331 e. The van der Waals surface area contributed by atoms with Crippen LogP contribution >= 0.6 is 0 Å². The largest absolute Gasteiger partial charge is 0.504 e. The van der Waals surface area contributed by atoms with E-state index in [1.807, 2.05) is 0 Å². The minimum absolute atomic E-state index is 0.0254. The Balaban J connectivity index is 1.69. The zero-order chi connectivity index (χ0) is 21.8. The van der Waals surface area contributed by atoms with Gasteiger partial charge in [0.15, 0.2) is 23.0 Å². The van der Waals surface area contributed by atoms with Gasteiger partial charge in [-0.1, -0.05) is 12.1 Å². The molecule has 1 aliphatic rings. The fourth-order valence-electron chi connectivity index (χ4n) is 3.09. The van der Waals surface area contributed by atoms with Crippen LogP contribution in [0.5, 0.6) is 23.0 Å². The molecule has 0 bridgehead atoms. The third-order valence-electron chi connectivity index (χ3n) is 4.76. The van der Waals surface area contributed by atoms with Crippen LogP contribution in [0.15, 0.2) is 48.0 Å². The van der Waals surface area contributed by atoms with Crippen LogP contribution in [0.1, 0.15) is 17.5 Å². The Morgan fingerprint density at radius 3 is 1.90 bits per heavy atom. The molecule has 0 saturated carbocycles. The second-order valence-electron chi connectivity index (χ2n) is 6.96. The molecule has 2 aromatic carbocycles. The van der Waals surface area contributed by atoms with Crippen molar-refractivity contribution in [2.45, 2.75) is 37.9 Å². The summed E-state index contributed by atoms with van der Waals surface area (Å²) in [6, 6.07) is 8.26. The first-order chi connectivity index (χ1) is 14.2. The topological polar surface area (TPSA) is 157 Å². The van der Waals surface area contributed by atoms with E-state index in [0.29, 0.717) is 11.1 Å². The fraction of sp³-hybridized carbons (Fsp3) is 0.286. The second kappa shape index (κ2) is 9.04. The molecule has 3 atom stereocenters. The molecule has 1 aliphatic carbocycles. The molecule has 0 spiro atoms. The molecule has 0 saturated heterocycles. The van der Waals surface area contributed by atoms with Gasteiger partial charge in [0.2, 0.25) is 0 Å². The van der Waals surface area contributed by atoms with Crippen molar-refractivity contribution in [3.63, 3.8) is 0 Å². The highest BCUT2D eigenvalue weighted by molar-refractivity contribution is 5.87. The van der Waals surface area contributed by atoms with E-state index in [1.54, 1.807) is 0 Å². The second-order valence-corrected chi connectivity index (χ2v) is 6.96. The van der Waals surface area contributed by atoms with E-state index in [9.17, 15) is 35.4 Å². The van der Waals surface area contributed by atoms with Gasteiger partial charge in [-0.25, -0.2) is 4.79 Å². The van der Waals surface area contributed by atoms with E-state index < -0.39 is 24.3 Å². The summed E-state index contributed by atoms with van der Waals surface area (Å²) in [5.74, 6) is -2.35. The number of aliphatic carboxylic acids is 1. The van der Waals surface area contributed by atoms with Gasteiger partial charge in [-0.3, -0.25) is 0 Å². The number of aliphatic hydroxyl groups excluding tert-OH is 1. The standard InChI is InChI=1S/C21H22O9/c22-14-3-1-11(5-16(14)24)9-29-18-7-13(21(27)28)8-19(20(18)26)30-10-12-2-4-15(23)17(25)6-12/h1-7,18-20,22-26H,8-10H2,(H,27,28)/t18-,19-,20-/m1/s1. The van der Waals surface area contributed by atoms with Gasteiger partial charge in [-0.05, 0) is 41.5 Å². The van der Waals surface area contributed by atoms with Crippen LogP contribution in [0.25, 0.3) is 0 Å². The van der Waals surface area contributed by atoms with Crippen LogP contribution in [0.2, 0.25) is 0 Å². The fourth-order valence-corrected chi connectivity index (χ4v) is 3.09. The number of aliphatic hydroxyl groups is 1. The quantitative estimate of drug-likeness (QED) is 0.369. The number of hydrogen-bond acceptors (Lipinski definition) is 8. The van der Waals surface area contributed by atoms with Gasteiger partial charge in [0.05, 0.1) is 19.3 Å². The van der Waals surface area contributed by atoms with Crippen LogP contribution in [0.4, 0.5) is 0 Å². The third kappa shape index (κ3) is 5.01. The summed E-state index contributed by atoms with van der Waals surface area (Å²) < 4.78 is 11.3. The summed E-state index contributed by atoms with van der Waals surface area (Å²) in [7, 11) is 0. The number of carbonyl (C=O) groups is 1. The average molecular weight is 418 g/mol. The lowest BCUT2D eigenvalue weighted by Gasteiger charge is -2.32. The van der Waals surface area contributed by atoms with Crippen molar-refractivity contribution in [2.75, 3.05) is 0 Å². The first kappa shape index (κ1) is 21.4. The van der Waals surface area contributed by atoms with Gasteiger partial charge >= 0.3 is 5.97 Å². The number of carboxylic acid groups (broad SMARTS) is 1. The number of benzene rings is 2. The molecule has 0 fully saturated rings. The molecule has 6 N–H and O–H groups in total. The lowest BCUT2D eigenvalue weighted by Crippen LogP contribution is -2.43. The molecule has 9 heteroatoms. The zero-order valence-corrected chi connectivity index (χ0v) is 15.8. The maximum atomic E-state index is 11.5. The predicted molar refractivity (Wildman–Crippen MR) is 103 cm³/mol. The lowest BCUT2D eigenvalue weighted by molar-refractivity contribution is -0.137. The van der Waals surface area contributed by atoms with Crippen molar-refractivity contribution in [3.8, 4) is 23.0 Å². The van der Waals surface area contributed by atoms with E-state index in [4.69, 9.17) is 9.47 Å². The van der Waals surface area contributed by atoms with E-state index in [1.165, 1.54) is 42.5 Å². The summed E-state index contributed by atoms with van der Waals surface area (Å²) in [5, 5.41) is 57.9. The number of carboxylic acids is 1. The highest BCUT2D eigenvalue weighted by Crippen LogP contribution is 2.29. The molecule has 160 valence electrons. The Morgan fingerprint density at radius 1 is 0.867 bits per heavy atom. The zero-order valence-electron chi connectivity index (χ0n) is 15.8. The first-order valence-electron chi connectivity index (χ1n) is 9.11. The van der Waals surface area contributed by atoms with Crippen LogP contribution in [0, 0.1) is 0 Å². The molecule has 0 aliphatic heterocycles. The number of phenols is 4. The Kier molecular flexibility index (Phi) is 6.46. The Labute approximate surface area is 171 Å². The van der Waals surface area contributed by atoms with Gasteiger partial charge < -0.3 is 40.1 Å². The van der Waals surface area contributed by atoms with Crippen molar-refractivity contribution < 1.29 is 44.9 Å². The van der Waals surface area contributed by atoms with Crippen LogP contribution in [-0.2, 0) is 27.5 Å². The number of phenolic OH excluding ortho intramolecular Hbond substituents is 4. The Hall–Kier alpha value is -3.27. The molecule has 30 heavy (non-hydrogen) atoms. The van der Waals surface area contributed by atoms with Gasteiger partial charge in [0.1, 0.15) is 12.2 Å². The van der Waals surface area contributed by atoms with Crippen molar-refractivity contribution in [2.24, 2.45) is 0 Å². The SMILES string of the molecule is O=C(O)C1=C[C@@H](OCc2ccc(O)c(O)c2)[C@@H](O)[C@H](OCc2ccc(O)c(O)c2)C1. The highest BCUT2D eigenvalue weighted by atomic mass is 16.5. The number of ether oxygens (including phenoxy) is 2. The summed E-state index contributed by atoms with van der Waals surface area (Å²) in [5.41, 5.74) is 1.07. The van der Waals surface area contributed by atoms with Crippen LogP contribution < -0.4 is 0 Å². The van der Waals surface area contributed by atoms with Crippen molar-refractivity contribution >= 4 is 5.97 Å². The van der Waals surface area contributed by atoms with E-state index in [2.05, 4.69) is 0 Å². The van der Waals surface area contributed by atoms with Gasteiger partial charge in [-0.15, -0.1) is 0 Å². The lowest BCUT2D eigenvalue weighted by atomic mass is 9.92. The number of rotatable bonds is 7. The smallest absolute Gasteiger partial charge is 0.331 e. The Morgan fingerprint density at radius 2 is 1.40 bits per heavy atom. The number of hydrogen-bond donors (Lipinski definition) is 6. The van der Waals surface area contributed by atoms with Crippen LogP contribution in [-0.4, -0.2) is 54.9 Å². The molecule has 0 aromatic heterocycles. The third-order valence-corrected chi connectivity index (χ3v) is 4.76. The molecule has 0 amide bonds. The predicted octanol–water partition coefficient (Wildman–Crippen LogP) is 1.76. The molecule has 0 radical (unpaired) electrons. The van der Waals surface area contributed by atoms with Crippen molar-refractivity contribution in [1.82, 2.24) is 0 Å². The molecule has 0 unspecified atom stereocenters. The van der Waals surface area contributed by atoms with E-state index in [-0.39, 0.29) is 48.2 Å². The van der Waals surface area contributed by atoms with Gasteiger partial charge in [0, 0.05) is 12.0 Å². The molecule has 3 rings (SSSR count). The van der Waals surface area contributed by atoms with Crippen molar-refractivity contribution in [3.05, 3.63) is 59.2 Å². The molecule has 9 nitrogen and oxygen atoms in total. The minimum atomic E-state index is -1.16.